The molecule has 1 aliphatic heterocycles. The second-order valence-electron chi connectivity index (χ2n) is 5.70. The Morgan fingerprint density at radius 3 is 2.29 bits per heavy atom. The van der Waals surface area contributed by atoms with Gasteiger partial charge in [-0.3, -0.25) is 4.90 Å². The number of hydrogen-bond acceptors (Lipinski definition) is 3. The summed E-state index contributed by atoms with van der Waals surface area (Å²) in [6, 6.07) is 6.44. The molecule has 1 fully saturated rings. The van der Waals surface area contributed by atoms with E-state index in [1.807, 2.05) is 0 Å². The predicted molar refractivity (Wildman–Crippen MR) is 94.3 cm³/mol. The van der Waals surface area contributed by atoms with Crippen molar-refractivity contribution in [2.24, 2.45) is 5.92 Å². The lowest BCUT2D eigenvalue weighted by atomic mass is 9.90. The summed E-state index contributed by atoms with van der Waals surface area (Å²) in [6.45, 7) is 7.51. The highest BCUT2D eigenvalue weighted by atomic mass is 35.5. The van der Waals surface area contributed by atoms with Gasteiger partial charge in [-0.2, -0.15) is 0 Å². The first-order chi connectivity index (χ1) is 10.4. The molecule has 1 aromatic carbocycles. The average Bonchev–Trinajstić information content (AvgIpc) is 2.48. The van der Waals surface area contributed by atoms with E-state index in [9.17, 15) is 13.2 Å². The molecule has 0 amide bonds. The molecule has 1 unspecified atom stereocenters. The number of nitrogens with zero attached hydrogens (tertiary/aromatic N) is 1. The first-order valence-corrected chi connectivity index (χ1v) is 7.72. The first-order valence-electron chi connectivity index (χ1n) is 7.72. The van der Waals surface area contributed by atoms with Crippen molar-refractivity contribution >= 4 is 24.8 Å². The zero-order valence-corrected chi connectivity index (χ0v) is 15.4. The number of rotatable bonds is 5. The van der Waals surface area contributed by atoms with Crippen LogP contribution in [0.3, 0.4) is 0 Å². The Morgan fingerprint density at radius 1 is 1.17 bits per heavy atom. The molecule has 2 rings (SSSR count). The SMILES string of the molecule is CCC(C)[C@H](c1ccccc1OC(F)(F)F)N1CCNCC1.Cl.Cl. The van der Waals surface area contributed by atoms with Crippen molar-refractivity contribution in [2.45, 2.75) is 32.7 Å². The van der Waals surface area contributed by atoms with Gasteiger partial charge in [0, 0.05) is 37.8 Å². The molecule has 0 bridgehead atoms. The third-order valence-electron chi connectivity index (χ3n) is 4.19. The third kappa shape index (κ3) is 6.31. The first kappa shape index (κ1) is 23.3. The molecule has 1 N–H and O–H groups in total. The number of halogens is 5. The van der Waals surface area contributed by atoms with Gasteiger partial charge in [-0.1, -0.05) is 38.5 Å². The Hall–Kier alpha value is -0.690. The monoisotopic (exact) mass is 388 g/mol. The van der Waals surface area contributed by atoms with Gasteiger partial charge < -0.3 is 10.1 Å². The molecule has 1 aromatic rings. The fraction of sp³-hybridized carbons (Fsp3) is 0.625. The molecule has 1 saturated heterocycles. The summed E-state index contributed by atoms with van der Waals surface area (Å²) in [5.41, 5.74) is 0.621. The van der Waals surface area contributed by atoms with Crippen LogP contribution in [0, 0.1) is 5.92 Å². The highest BCUT2D eigenvalue weighted by Gasteiger charge is 2.35. The van der Waals surface area contributed by atoms with Gasteiger partial charge in [0.2, 0.25) is 0 Å². The Morgan fingerprint density at radius 2 is 1.75 bits per heavy atom. The van der Waals surface area contributed by atoms with Crippen LogP contribution in [-0.2, 0) is 0 Å². The van der Waals surface area contributed by atoms with Crippen LogP contribution < -0.4 is 10.1 Å². The van der Waals surface area contributed by atoms with Crippen molar-refractivity contribution in [3.8, 4) is 5.75 Å². The average molecular weight is 389 g/mol. The smallest absolute Gasteiger partial charge is 0.405 e. The lowest BCUT2D eigenvalue weighted by Gasteiger charge is -2.39. The number of piperazine rings is 1. The van der Waals surface area contributed by atoms with E-state index in [1.54, 1.807) is 18.2 Å². The third-order valence-corrected chi connectivity index (χ3v) is 4.19. The van der Waals surface area contributed by atoms with Gasteiger partial charge in [0.25, 0.3) is 0 Å². The highest BCUT2D eigenvalue weighted by molar-refractivity contribution is 5.85. The molecule has 0 aromatic heterocycles. The van der Waals surface area contributed by atoms with Crippen LogP contribution in [0.1, 0.15) is 31.9 Å². The number of nitrogens with one attached hydrogen (secondary N) is 1. The molecule has 1 heterocycles. The van der Waals surface area contributed by atoms with Gasteiger partial charge in [0.05, 0.1) is 0 Å². The molecule has 0 aliphatic carbocycles. The van der Waals surface area contributed by atoms with Crippen LogP contribution >= 0.6 is 24.8 Å². The second-order valence-corrected chi connectivity index (χ2v) is 5.70. The zero-order chi connectivity index (χ0) is 16.2. The van der Waals surface area contributed by atoms with Gasteiger partial charge in [-0.05, 0) is 12.0 Å². The number of para-hydroxylation sites is 1. The zero-order valence-electron chi connectivity index (χ0n) is 13.8. The summed E-state index contributed by atoms with van der Waals surface area (Å²) >= 11 is 0. The van der Waals surface area contributed by atoms with E-state index in [0.29, 0.717) is 5.56 Å². The fourth-order valence-corrected chi connectivity index (χ4v) is 2.99. The Kier molecular flexibility index (Phi) is 10.0. The van der Waals surface area contributed by atoms with Crippen LogP contribution in [0.25, 0.3) is 0 Å². The van der Waals surface area contributed by atoms with Crippen LogP contribution in [0.2, 0.25) is 0 Å². The van der Waals surface area contributed by atoms with E-state index in [1.165, 1.54) is 6.07 Å². The topological polar surface area (TPSA) is 24.5 Å². The van der Waals surface area contributed by atoms with Crippen LogP contribution in [0.4, 0.5) is 13.2 Å². The van der Waals surface area contributed by atoms with Crippen LogP contribution in [-0.4, -0.2) is 37.4 Å². The van der Waals surface area contributed by atoms with Crippen molar-refractivity contribution < 1.29 is 17.9 Å². The van der Waals surface area contributed by atoms with Gasteiger partial charge >= 0.3 is 6.36 Å². The number of ether oxygens (including phenoxy) is 1. The fourth-order valence-electron chi connectivity index (χ4n) is 2.99. The molecular weight excluding hydrogens is 364 g/mol. The van der Waals surface area contributed by atoms with E-state index in [2.05, 4.69) is 28.8 Å². The molecule has 1 aliphatic rings. The molecule has 24 heavy (non-hydrogen) atoms. The standard InChI is InChI=1S/C16H23F3N2O.2ClH/c1-3-12(2)15(21-10-8-20-9-11-21)13-6-4-5-7-14(13)22-16(17,18)19;;/h4-7,12,15,20H,3,8-11H2,1-2H3;2*1H/t12?,15-;;/m1../s1. The van der Waals surface area contributed by atoms with Gasteiger partial charge in [0.15, 0.2) is 0 Å². The van der Waals surface area contributed by atoms with Gasteiger partial charge in [-0.25, -0.2) is 0 Å². The van der Waals surface area contributed by atoms with E-state index < -0.39 is 6.36 Å². The maximum atomic E-state index is 12.7. The normalized spacial score (nSPS) is 18.0. The Labute approximate surface area is 153 Å². The van der Waals surface area contributed by atoms with Gasteiger partial charge in [-0.15, -0.1) is 38.0 Å². The quantitative estimate of drug-likeness (QED) is 0.807. The summed E-state index contributed by atoms with van der Waals surface area (Å²) in [6.07, 6.45) is -3.77. The lowest BCUT2D eigenvalue weighted by Crippen LogP contribution is -2.46. The van der Waals surface area contributed by atoms with Gasteiger partial charge in [0.1, 0.15) is 5.75 Å². The maximum absolute atomic E-state index is 12.7. The molecular formula is C16H25Cl2F3N2O. The number of benzene rings is 1. The second kappa shape index (κ2) is 10.3. The molecule has 3 nitrogen and oxygen atoms in total. The summed E-state index contributed by atoms with van der Waals surface area (Å²) in [5.74, 6) is 0.162. The highest BCUT2D eigenvalue weighted by Crippen LogP contribution is 2.38. The Balaban J connectivity index is 0.00000264. The molecule has 2 atom stereocenters. The summed E-state index contributed by atoms with van der Waals surface area (Å²) < 4.78 is 42.2. The summed E-state index contributed by atoms with van der Waals surface area (Å²) in [4.78, 5) is 2.25. The summed E-state index contributed by atoms with van der Waals surface area (Å²) in [5, 5.41) is 3.28. The van der Waals surface area contributed by atoms with Crippen LogP contribution in [0.15, 0.2) is 24.3 Å². The lowest BCUT2D eigenvalue weighted by molar-refractivity contribution is -0.275. The molecule has 8 heteroatoms. The molecule has 0 radical (unpaired) electrons. The van der Waals surface area contributed by atoms with Crippen molar-refractivity contribution in [1.82, 2.24) is 10.2 Å². The summed E-state index contributed by atoms with van der Waals surface area (Å²) in [7, 11) is 0. The number of hydrogen-bond donors (Lipinski definition) is 1. The molecule has 0 spiro atoms. The largest absolute Gasteiger partial charge is 0.573 e. The Bertz CT molecular complexity index is 483. The van der Waals surface area contributed by atoms with Crippen molar-refractivity contribution in [1.29, 1.82) is 0 Å². The minimum absolute atomic E-state index is 0. The van der Waals surface area contributed by atoms with Crippen LogP contribution in [0.5, 0.6) is 5.75 Å². The minimum Gasteiger partial charge on any atom is -0.405 e. The van der Waals surface area contributed by atoms with E-state index >= 15 is 0 Å². The molecule has 0 saturated carbocycles. The maximum Gasteiger partial charge on any atom is 0.573 e. The van der Waals surface area contributed by atoms with Crippen molar-refractivity contribution in [3.63, 3.8) is 0 Å². The molecule has 140 valence electrons. The van der Waals surface area contributed by atoms with E-state index in [-0.39, 0.29) is 42.5 Å². The predicted octanol–water partition coefficient (Wildman–Crippen LogP) is 4.42. The van der Waals surface area contributed by atoms with Crippen molar-refractivity contribution in [2.75, 3.05) is 26.2 Å². The number of alkyl halides is 3. The minimum atomic E-state index is -4.67. The van der Waals surface area contributed by atoms with E-state index in [0.717, 1.165) is 32.6 Å². The van der Waals surface area contributed by atoms with E-state index in [4.69, 9.17) is 0 Å². The van der Waals surface area contributed by atoms with Crippen molar-refractivity contribution in [3.05, 3.63) is 29.8 Å².